The molecule has 0 radical (unpaired) electrons. The van der Waals surface area contributed by atoms with Crippen LogP contribution in [0.15, 0.2) is 24.3 Å². The summed E-state index contributed by atoms with van der Waals surface area (Å²) in [5.74, 6) is 2.90. The smallest absolute Gasteiger partial charge is 0.180 e. The van der Waals surface area contributed by atoms with Crippen molar-refractivity contribution in [1.82, 2.24) is 0 Å². The molecular weight excluding hydrogens is 202 g/mol. The van der Waals surface area contributed by atoms with Crippen molar-refractivity contribution in [3.63, 3.8) is 0 Å². The summed E-state index contributed by atoms with van der Waals surface area (Å²) in [5.41, 5.74) is 6.19. The third-order valence-electron chi connectivity index (χ3n) is 2.10. The van der Waals surface area contributed by atoms with Crippen molar-refractivity contribution in [2.45, 2.75) is 19.4 Å². The van der Waals surface area contributed by atoms with Crippen LogP contribution < -0.4 is 10.5 Å². The van der Waals surface area contributed by atoms with E-state index in [-0.39, 0.29) is 12.2 Å². The third kappa shape index (κ3) is 3.11. The Kier molecular flexibility index (Phi) is 4.56. The fourth-order valence-corrected chi connectivity index (χ4v) is 1.34. The van der Waals surface area contributed by atoms with Gasteiger partial charge in [-0.3, -0.25) is 4.79 Å². The number of rotatable bonds is 5. The zero-order valence-corrected chi connectivity index (χ0v) is 9.27. The van der Waals surface area contributed by atoms with E-state index < -0.39 is 6.04 Å². The van der Waals surface area contributed by atoms with E-state index in [4.69, 9.17) is 16.9 Å². The number of benzene rings is 1. The van der Waals surface area contributed by atoms with Crippen LogP contribution in [0.1, 0.15) is 23.7 Å². The highest BCUT2D eigenvalue weighted by Gasteiger charge is 2.14. The van der Waals surface area contributed by atoms with Crippen LogP contribution in [-0.2, 0) is 0 Å². The summed E-state index contributed by atoms with van der Waals surface area (Å²) in [6.07, 6.45) is 5.36. The molecule has 3 heteroatoms. The Balaban J connectivity index is 2.83. The van der Waals surface area contributed by atoms with Crippen molar-refractivity contribution in [1.29, 1.82) is 0 Å². The summed E-state index contributed by atoms with van der Waals surface area (Å²) in [6, 6.07) is 6.32. The highest BCUT2D eigenvalue weighted by atomic mass is 16.5. The second-order valence-corrected chi connectivity index (χ2v) is 3.34. The van der Waals surface area contributed by atoms with E-state index in [0.717, 1.165) is 0 Å². The van der Waals surface area contributed by atoms with Gasteiger partial charge in [0.25, 0.3) is 0 Å². The van der Waals surface area contributed by atoms with Crippen molar-refractivity contribution < 1.29 is 9.53 Å². The SMILES string of the molecule is C#CCC(N)C(=O)c1cccc(OCC)c1. The minimum Gasteiger partial charge on any atom is -0.494 e. The van der Waals surface area contributed by atoms with Crippen LogP contribution in [0.25, 0.3) is 0 Å². The molecule has 0 saturated carbocycles. The normalized spacial score (nSPS) is 11.6. The first kappa shape index (κ1) is 12.3. The lowest BCUT2D eigenvalue weighted by atomic mass is 10.0. The van der Waals surface area contributed by atoms with Crippen molar-refractivity contribution in [2.75, 3.05) is 6.61 Å². The van der Waals surface area contributed by atoms with Gasteiger partial charge in [0.1, 0.15) is 5.75 Å². The molecule has 0 spiro atoms. The van der Waals surface area contributed by atoms with Gasteiger partial charge < -0.3 is 10.5 Å². The number of nitrogens with two attached hydrogens (primary N) is 1. The molecule has 1 rings (SSSR count). The predicted octanol–water partition coefficient (Wildman–Crippen LogP) is 1.62. The molecule has 2 N–H and O–H groups in total. The molecule has 16 heavy (non-hydrogen) atoms. The molecular formula is C13H15NO2. The van der Waals surface area contributed by atoms with Gasteiger partial charge in [0.15, 0.2) is 5.78 Å². The van der Waals surface area contributed by atoms with Crippen molar-refractivity contribution in [2.24, 2.45) is 5.73 Å². The van der Waals surface area contributed by atoms with E-state index >= 15 is 0 Å². The van der Waals surface area contributed by atoms with Crippen LogP contribution in [0.5, 0.6) is 5.75 Å². The first-order valence-electron chi connectivity index (χ1n) is 5.15. The number of carbonyl (C=O) groups excluding carboxylic acids is 1. The zero-order chi connectivity index (χ0) is 12.0. The number of ether oxygens (including phenoxy) is 1. The summed E-state index contributed by atoms with van der Waals surface area (Å²) in [4.78, 5) is 11.8. The van der Waals surface area contributed by atoms with Crippen LogP contribution in [0, 0.1) is 12.3 Å². The van der Waals surface area contributed by atoms with Gasteiger partial charge in [0, 0.05) is 12.0 Å². The third-order valence-corrected chi connectivity index (χ3v) is 2.10. The Labute approximate surface area is 95.6 Å². The molecule has 0 aliphatic rings. The minimum atomic E-state index is -0.637. The molecule has 0 aromatic heterocycles. The number of carbonyl (C=O) groups is 1. The van der Waals surface area contributed by atoms with Crippen LogP contribution in [-0.4, -0.2) is 18.4 Å². The largest absolute Gasteiger partial charge is 0.494 e. The average Bonchev–Trinajstić information content (AvgIpc) is 2.29. The quantitative estimate of drug-likeness (QED) is 0.602. The number of Topliss-reactive ketones (excluding diaryl/α,β-unsaturated/α-hetero) is 1. The molecule has 1 aromatic carbocycles. The van der Waals surface area contributed by atoms with Crippen LogP contribution in [0.3, 0.4) is 0 Å². The Morgan fingerprint density at radius 1 is 1.62 bits per heavy atom. The summed E-state index contributed by atoms with van der Waals surface area (Å²) in [5, 5.41) is 0. The van der Waals surface area contributed by atoms with Gasteiger partial charge in [-0.1, -0.05) is 12.1 Å². The highest BCUT2D eigenvalue weighted by Crippen LogP contribution is 2.14. The second kappa shape index (κ2) is 5.94. The summed E-state index contributed by atoms with van der Waals surface area (Å²) < 4.78 is 5.30. The molecule has 0 saturated heterocycles. The maximum absolute atomic E-state index is 11.8. The van der Waals surface area contributed by atoms with Gasteiger partial charge in [-0.15, -0.1) is 12.3 Å². The second-order valence-electron chi connectivity index (χ2n) is 3.34. The zero-order valence-electron chi connectivity index (χ0n) is 9.27. The number of terminal acetylenes is 1. The van der Waals surface area contributed by atoms with Crippen LogP contribution in [0.4, 0.5) is 0 Å². The summed E-state index contributed by atoms with van der Waals surface area (Å²) in [7, 11) is 0. The molecule has 0 bridgehead atoms. The fourth-order valence-electron chi connectivity index (χ4n) is 1.34. The fraction of sp³-hybridized carbons (Fsp3) is 0.308. The van der Waals surface area contributed by atoms with Gasteiger partial charge in [0.2, 0.25) is 0 Å². The van der Waals surface area contributed by atoms with Gasteiger partial charge in [-0.05, 0) is 19.1 Å². The van der Waals surface area contributed by atoms with Gasteiger partial charge >= 0.3 is 0 Å². The highest BCUT2D eigenvalue weighted by molar-refractivity contribution is 6.00. The van der Waals surface area contributed by atoms with E-state index in [9.17, 15) is 4.79 Å². The molecule has 84 valence electrons. The molecule has 0 heterocycles. The topological polar surface area (TPSA) is 52.3 Å². The van der Waals surface area contributed by atoms with Gasteiger partial charge in [0.05, 0.1) is 12.6 Å². The van der Waals surface area contributed by atoms with Crippen LogP contribution in [0.2, 0.25) is 0 Å². The van der Waals surface area contributed by atoms with Gasteiger partial charge in [-0.2, -0.15) is 0 Å². The molecule has 1 aromatic rings. The lowest BCUT2D eigenvalue weighted by molar-refractivity contribution is 0.0962. The molecule has 3 nitrogen and oxygen atoms in total. The van der Waals surface area contributed by atoms with E-state index in [1.165, 1.54) is 0 Å². The summed E-state index contributed by atoms with van der Waals surface area (Å²) in [6.45, 7) is 2.45. The minimum absolute atomic E-state index is 0.153. The first-order chi connectivity index (χ1) is 7.69. The molecule has 0 amide bonds. The molecule has 0 aliphatic carbocycles. The van der Waals surface area contributed by atoms with E-state index in [1.807, 2.05) is 6.92 Å². The number of hydrogen-bond acceptors (Lipinski definition) is 3. The van der Waals surface area contributed by atoms with Crippen LogP contribution >= 0.6 is 0 Å². The Hall–Kier alpha value is -1.79. The lowest BCUT2D eigenvalue weighted by Gasteiger charge is -2.08. The molecule has 0 aliphatic heterocycles. The molecule has 1 unspecified atom stereocenters. The number of ketones is 1. The van der Waals surface area contributed by atoms with E-state index in [1.54, 1.807) is 24.3 Å². The van der Waals surface area contributed by atoms with Crippen molar-refractivity contribution in [3.05, 3.63) is 29.8 Å². The first-order valence-corrected chi connectivity index (χ1v) is 5.15. The molecule has 1 atom stereocenters. The van der Waals surface area contributed by atoms with Crippen molar-refractivity contribution >= 4 is 5.78 Å². The van der Waals surface area contributed by atoms with Crippen molar-refractivity contribution in [3.8, 4) is 18.1 Å². The Morgan fingerprint density at radius 3 is 3.00 bits per heavy atom. The molecule has 0 fully saturated rings. The van der Waals surface area contributed by atoms with E-state index in [0.29, 0.717) is 17.9 Å². The maximum atomic E-state index is 11.8. The monoisotopic (exact) mass is 217 g/mol. The Bertz CT molecular complexity index is 407. The summed E-state index contributed by atoms with van der Waals surface area (Å²) >= 11 is 0. The predicted molar refractivity (Wildman–Crippen MR) is 63.4 cm³/mol. The van der Waals surface area contributed by atoms with Gasteiger partial charge in [-0.25, -0.2) is 0 Å². The lowest BCUT2D eigenvalue weighted by Crippen LogP contribution is -2.29. The maximum Gasteiger partial charge on any atom is 0.180 e. The average molecular weight is 217 g/mol. The standard InChI is InChI=1S/C13H15NO2/c1-3-6-12(14)13(15)10-7-5-8-11(9-10)16-4-2/h1,5,7-9,12H,4,6,14H2,2H3. The van der Waals surface area contributed by atoms with E-state index in [2.05, 4.69) is 5.92 Å². The Morgan fingerprint density at radius 2 is 2.38 bits per heavy atom. The number of hydrogen-bond donors (Lipinski definition) is 1.